The summed E-state index contributed by atoms with van der Waals surface area (Å²) in [6.07, 6.45) is 0. The fourth-order valence-electron chi connectivity index (χ4n) is 3.60. The molecule has 1 saturated heterocycles. The first kappa shape index (κ1) is 21.1. The summed E-state index contributed by atoms with van der Waals surface area (Å²) >= 11 is 12.3. The predicted octanol–water partition coefficient (Wildman–Crippen LogP) is 4.27. The second kappa shape index (κ2) is 9.35. The van der Waals surface area contributed by atoms with Gasteiger partial charge in [-0.3, -0.25) is 9.58 Å². The average molecular weight is 448 g/mol. The third kappa shape index (κ3) is 4.62. The van der Waals surface area contributed by atoms with Crippen molar-refractivity contribution in [2.45, 2.75) is 19.5 Å². The Morgan fingerprint density at radius 2 is 1.97 bits per heavy atom. The Morgan fingerprint density at radius 1 is 1.20 bits per heavy atom. The van der Waals surface area contributed by atoms with E-state index < -0.39 is 5.97 Å². The zero-order chi connectivity index (χ0) is 21.1. The summed E-state index contributed by atoms with van der Waals surface area (Å²) < 4.78 is 12.8. The molecule has 0 spiro atoms. The Balaban J connectivity index is 1.53. The lowest BCUT2D eigenvalue weighted by atomic mass is 10.2. The molecule has 2 aromatic carbocycles. The van der Waals surface area contributed by atoms with Gasteiger partial charge in [0.1, 0.15) is 6.61 Å². The largest absolute Gasteiger partial charge is 0.459 e. The van der Waals surface area contributed by atoms with Crippen LogP contribution in [0, 0.1) is 0 Å². The Kier molecular flexibility index (Phi) is 6.58. The molecular formula is C22H23Cl2N3O3. The molecule has 0 N–H and O–H groups in total. The van der Waals surface area contributed by atoms with Gasteiger partial charge in [-0.25, -0.2) is 4.79 Å². The van der Waals surface area contributed by atoms with E-state index in [1.807, 2.05) is 30.3 Å². The van der Waals surface area contributed by atoms with Crippen molar-refractivity contribution in [3.8, 4) is 0 Å². The Morgan fingerprint density at radius 3 is 2.73 bits per heavy atom. The molecule has 158 valence electrons. The Labute approximate surface area is 185 Å². The first-order valence-corrected chi connectivity index (χ1v) is 10.7. The van der Waals surface area contributed by atoms with Crippen LogP contribution < -0.4 is 0 Å². The molecule has 0 aliphatic carbocycles. The lowest BCUT2D eigenvalue weighted by Crippen LogP contribution is -2.44. The van der Waals surface area contributed by atoms with Gasteiger partial charge >= 0.3 is 5.97 Å². The smallest absolute Gasteiger partial charge is 0.359 e. The molecule has 1 unspecified atom stereocenters. The number of carbonyl (C=O) groups is 1. The van der Waals surface area contributed by atoms with Crippen molar-refractivity contribution in [1.29, 1.82) is 0 Å². The maximum atomic E-state index is 12.8. The molecule has 1 atom stereocenters. The van der Waals surface area contributed by atoms with E-state index in [0.29, 0.717) is 42.1 Å². The van der Waals surface area contributed by atoms with Gasteiger partial charge in [-0.15, -0.1) is 0 Å². The molecule has 0 radical (unpaired) electrons. The van der Waals surface area contributed by atoms with Crippen molar-refractivity contribution in [3.63, 3.8) is 0 Å². The number of rotatable bonds is 6. The van der Waals surface area contributed by atoms with Crippen LogP contribution in [-0.2, 0) is 16.0 Å². The highest BCUT2D eigenvalue weighted by atomic mass is 35.5. The van der Waals surface area contributed by atoms with Gasteiger partial charge in [0.15, 0.2) is 5.69 Å². The van der Waals surface area contributed by atoms with Crippen LogP contribution in [0.15, 0.2) is 42.5 Å². The topological polar surface area (TPSA) is 56.6 Å². The van der Waals surface area contributed by atoms with Crippen LogP contribution in [0.4, 0.5) is 0 Å². The number of esters is 1. The normalized spacial score (nSPS) is 16.0. The van der Waals surface area contributed by atoms with Crippen molar-refractivity contribution >= 4 is 40.1 Å². The van der Waals surface area contributed by atoms with Gasteiger partial charge in [0, 0.05) is 34.6 Å². The zero-order valence-electron chi connectivity index (χ0n) is 16.7. The third-order valence-corrected chi connectivity index (χ3v) is 5.90. The van der Waals surface area contributed by atoms with Crippen LogP contribution in [0.2, 0.25) is 10.0 Å². The first-order valence-electron chi connectivity index (χ1n) is 9.91. The molecule has 0 saturated carbocycles. The number of aromatic nitrogens is 2. The van der Waals surface area contributed by atoms with Crippen LogP contribution in [0.1, 0.15) is 23.0 Å². The van der Waals surface area contributed by atoms with Crippen LogP contribution in [-0.4, -0.2) is 59.6 Å². The molecule has 0 amide bonds. The van der Waals surface area contributed by atoms with E-state index >= 15 is 0 Å². The molecular weight excluding hydrogens is 425 g/mol. The van der Waals surface area contributed by atoms with Gasteiger partial charge in [0.05, 0.1) is 25.3 Å². The molecule has 3 aromatic rings. The summed E-state index contributed by atoms with van der Waals surface area (Å²) in [7, 11) is 0. The molecule has 30 heavy (non-hydrogen) atoms. The number of ether oxygens (including phenoxy) is 2. The number of benzene rings is 2. The maximum absolute atomic E-state index is 12.8. The number of hydrogen-bond donors (Lipinski definition) is 0. The fourth-order valence-corrected chi connectivity index (χ4v) is 4.07. The van der Waals surface area contributed by atoms with E-state index in [1.165, 1.54) is 0 Å². The van der Waals surface area contributed by atoms with Crippen molar-refractivity contribution in [2.75, 3.05) is 32.9 Å². The number of fused-ring (bicyclic) bond motifs is 1. The molecule has 1 fully saturated rings. The molecule has 1 aliphatic heterocycles. The van der Waals surface area contributed by atoms with Crippen molar-refractivity contribution in [1.82, 2.24) is 14.7 Å². The molecule has 4 rings (SSSR count). The van der Waals surface area contributed by atoms with E-state index in [9.17, 15) is 4.79 Å². The van der Waals surface area contributed by atoms with Crippen molar-refractivity contribution < 1.29 is 14.3 Å². The highest BCUT2D eigenvalue weighted by molar-refractivity contribution is 6.35. The van der Waals surface area contributed by atoms with Gasteiger partial charge in [-0.2, -0.15) is 5.10 Å². The monoisotopic (exact) mass is 447 g/mol. The zero-order valence-corrected chi connectivity index (χ0v) is 18.2. The van der Waals surface area contributed by atoms with Crippen molar-refractivity contribution in [3.05, 3.63) is 63.8 Å². The summed E-state index contributed by atoms with van der Waals surface area (Å²) in [6, 6.07) is 13.1. The van der Waals surface area contributed by atoms with Gasteiger partial charge in [-0.1, -0.05) is 47.5 Å². The Bertz CT molecular complexity index is 1050. The molecule has 1 aliphatic rings. The minimum atomic E-state index is -0.424. The van der Waals surface area contributed by atoms with E-state index in [4.69, 9.17) is 32.7 Å². The number of halogens is 2. The summed E-state index contributed by atoms with van der Waals surface area (Å²) in [4.78, 5) is 15.1. The van der Waals surface area contributed by atoms with Crippen LogP contribution in [0.3, 0.4) is 0 Å². The lowest BCUT2D eigenvalue weighted by Gasteiger charge is -2.31. The number of nitrogens with zero attached hydrogens (tertiary/aromatic N) is 3. The van der Waals surface area contributed by atoms with Crippen molar-refractivity contribution in [2.24, 2.45) is 0 Å². The standard InChI is InChI=1S/C22H23Cl2N3O3/c1-15(26-8-10-29-11-9-26)14-30-22(28)21-18-4-2-3-5-20(18)27(25-21)13-16-6-7-17(23)12-19(16)24/h2-7,12,15H,8-11,13-14H2,1H3. The highest BCUT2D eigenvalue weighted by Gasteiger charge is 2.22. The first-order chi connectivity index (χ1) is 14.5. The fraction of sp³-hybridized carbons (Fsp3) is 0.364. The molecule has 0 bridgehead atoms. The van der Waals surface area contributed by atoms with Crippen LogP contribution in [0.25, 0.3) is 10.9 Å². The lowest BCUT2D eigenvalue weighted by molar-refractivity contribution is -0.00202. The second-order valence-electron chi connectivity index (χ2n) is 7.35. The average Bonchev–Trinajstić information content (AvgIpc) is 3.13. The number of morpholine rings is 1. The molecule has 1 aromatic heterocycles. The van der Waals surface area contributed by atoms with Crippen LogP contribution >= 0.6 is 23.2 Å². The summed E-state index contributed by atoms with van der Waals surface area (Å²) in [5, 5.41) is 6.45. The maximum Gasteiger partial charge on any atom is 0.359 e. The molecule has 2 heterocycles. The van der Waals surface area contributed by atoms with Gasteiger partial charge in [0.2, 0.25) is 0 Å². The number of hydrogen-bond acceptors (Lipinski definition) is 5. The summed E-state index contributed by atoms with van der Waals surface area (Å²) in [5.74, 6) is -0.424. The Hall–Kier alpha value is -2.12. The second-order valence-corrected chi connectivity index (χ2v) is 8.20. The van der Waals surface area contributed by atoms with Crippen LogP contribution in [0.5, 0.6) is 0 Å². The van der Waals surface area contributed by atoms with E-state index in [-0.39, 0.29) is 6.04 Å². The van der Waals surface area contributed by atoms with Gasteiger partial charge in [-0.05, 0) is 30.7 Å². The third-order valence-electron chi connectivity index (χ3n) is 5.31. The van der Waals surface area contributed by atoms with E-state index in [1.54, 1.807) is 16.8 Å². The van der Waals surface area contributed by atoms with E-state index in [0.717, 1.165) is 29.6 Å². The number of carbonyl (C=O) groups excluding carboxylic acids is 1. The molecule has 8 heteroatoms. The number of para-hydroxylation sites is 1. The minimum Gasteiger partial charge on any atom is -0.459 e. The van der Waals surface area contributed by atoms with Gasteiger partial charge < -0.3 is 9.47 Å². The highest BCUT2D eigenvalue weighted by Crippen LogP contribution is 2.25. The minimum absolute atomic E-state index is 0.124. The van der Waals surface area contributed by atoms with E-state index in [2.05, 4.69) is 16.9 Å². The SMILES string of the molecule is CC(COC(=O)c1nn(Cc2ccc(Cl)cc2Cl)c2ccccc12)N1CCOCC1. The van der Waals surface area contributed by atoms with Gasteiger partial charge in [0.25, 0.3) is 0 Å². The summed E-state index contributed by atoms with van der Waals surface area (Å²) in [6.45, 7) is 5.90. The predicted molar refractivity (Wildman–Crippen MR) is 117 cm³/mol. The quantitative estimate of drug-likeness (QED) is 0.528. The summed E-state index contributed by atoms with van der Waals surface area (Å²) in [5.41, 5.74) is 2.02. The molecule has 6 nitrogen and oxygen atoms in total.